The minimum absolute atomic E-state index is 0.00113. The van der Waals surface area contributed by atoms with E-state index < -0.39 is 112 Å². The van der Waals surface area contributed by atoms with Crippen LogP contribution in [0.3, 0.4) is 0 Å². The highest BCUT2D eigenvalue weighted by molar-refractivity contribution is 6.02. The van der Waals surface area contributed by atoms with Gasteiger partial charge < -0.3 is 80.7 Å². The molecule has 7 unspecified atom stereocenters. The standard InChI is InChI=1S/C21H35N5O8.C20H29N5O5.C18H27N5O4/c1-11(27)14(16(22)30)23-13(29)9-25-10-21(18(25)32)7-6-8-26(21)17(31)15(12(2)28)24-19(33)34-20(3,4)5;1-13(26)15(16-21-8-6-9-22-16)23-14(27)11-24-12-20(17(24)28)7-5-10-25(20)18(29)30-19(2,3)4;1-11(2)14(15-21-19-10-27-15)20-13(24)8-22-9-18(17(22)26)6-5-7-23(18)16(25)12(3)4/h11-12,14-15,27-28H,6-10H2,1-5H3,(H2,22,30)(H,23,29)(H,24,33);6,8-9,13,15,26H,5,7,10-12H2,1-4H3,(H,23,27);10-12,14H,5-9H2,1-4H3,(H,20,24)/t11?,12-,14+,15+,21?;;/m1../s1. The summed E-state index contributed by atoms with van der Waals surface area (Å²) >= 11 is 0. The summed E-state index contributed by atoms with van der Waals surface area (Å²) in [7, 11) is 0. The van der Waals surface area contributed by atoms with Crippen LogP contribution in [0.4, 0.5) is 9.59 Å². The third-order valence-corrected chi connectivity index (χ3v) is 16.3. The summed E-state index contributed by atoms with van der Waals surface area (Å²) in [6.07, 6.45) is 3.16. The SMILES string of the molecule is CC(C)C(=O)N1CCCC12CN(CC(=O)NC(c1nnco1)C(C)C)C2=O.CC(O)C(NC(=O)CN1CC2(CCCN2C(=O)OC(C)(C)C)C1=O)c1ncccn1.CC(O)[C@H](NC(=O)CN1CC2(CCCN2C(=O)[C@@H](NC(=O)OC(C)(C)C)[C@@H](C)O)C1=O)C(N)=O. The van der Waals surface area contributed by atoms with E-state index in [9.17, 15) is 68.1 Å². The fraction of sp³-hybridized carbons (Fsp3) is 0.712. The Bertz CT molecular complexity index is 2990. The minimum Gasteiger partial charge on any atom is -0.444 e. The Labute approximate surface area is 528 Å². The molecule has 8 rings (SSSR count). The molecular formula is C59H91N15O17. The molecule has 0 bridgehead atoms. The van der Waals surface area contributed by atoms with Gasteiger partial charge in [0.15, 0.2) is 5.82 Å². The zero-order valence-corrected chi connectivity index (χ0v) is 54.2. The number of likely N-dealkylation sites (tertiary alicyclic amines) is 6. The van der Waals surface area contributed by atoms with Crippen LogP contribution >= 0.6 is 0 Å². The first-order valence-corrected chi connectivity index (χ1v) is 30.6. The van der Waals surface area contributed by atoms with Crippen molar-refractivity contribution in [3.8, 4) is 0 Å². The number of aromatic nitrogens is 4. The van der Waals surface area contributed by atoms with Crippen LogP contribution < -0.4 is 27.0 Å². The summed E-state index contributed by atoms with van der Waals surface area (Å²) in [6, 6.07) is -2.17. The average Bonchev–Trinajstić information content (AvgIpc) is 1.70. The van der Waals surface area contributed by atoms with Crippen molar-refractivity contribution in [3.05, 3.63) is 36.6 Å². The largest absolute Gasteiger partial charge is 0.444 e. The highest BCUT2D eigenvalue weighted by Gasteiger charge is 2.63. The van der Waals surface area contributed by atoms with Gasteiger partial charge in [-0.2, -0.15) is 0 Å². The van der Waals surface area contributed by atoms with Crippen LogP contribution in [0.1, 0.15) is 152 Å². The molecule has 9 N–H and O–H groups in total. The first-order chi connectivity index (χ1) is 42.4. The van der Waals surface area contributed by atoms with Gasteiger partial charge in [-0.1, -0.05) is 27.7 Å². The van der Waals surface area contributed by atoms with E-state index in [1.807, 2.05) is 27.7 Å². The van der Waals surface area contributed by atoms with Crippen molar-refractivity contribution >= 4 is 65.4 Å². The van der Waals surface area contributed by atoms with E-state index in [0.717, 1.165) is 6.42 Å². The Hall–Kier alpha value is -8.13. The van der Waals surface area contributed by atoms with Gasteiger partial charge in [0.1, 0.15) is 52.0 Å². The number of rotatable bonds is 19. The van der Waals surface area contributed by atoms with Crippen molar-refractivity contribution in [2.75, 3.05) is 58.9 Å². The first-order valence-electron chi connectivity index (χ1n) is 30.6. The van der Waals surface area contributed by atoms with Crippen molar-refractivity contribution < 1.29 is 82.0 Å². The molecule has 8 heterocycles. The van der Waals surface area contributed by atoms with E-state index in [0.29, 0.717) is 63.5 Å². The number of alkyl carbamates (subject to hydrolysis) is 1. The van der Waals surface area contributed by atoms with E-state index in [1.54, 1.807) is 52.5 Å². The lowest BCUT2D eigenvalue weighted by Crippen LogP contribution is -2.75. The molecule has 6 aliphatic heterocycles. The highest BCUT2D eigenvalue weighted by atomic mass is 16.6. The molecule has 0 aromatic carbocycles. The second kappa shape index (κ2) is 29.0. The number of carbonyl (C=O) groups excluding carboxylic acids is 11. The number of β-lactam (4-membered cyclic amide) rings is 3. The van der Waals surface area contributed by atoms with Crippen molar-refractivity contribution in [2.24, 2.45) is 17.6 Å². The maximum Gasteiger partial charge on any atom is 0.411 e. The quantitative estimate of drug-likeness (QED) is 0.0797. The van der Waals surface area contributed by atoms with E-state index in [2.05, 4.69) is 41.4 Å². The predicted molar refractivity (Wildman–Crippen MR) is 319 cm³/mol. The van der Waals surface area contributed by atoms with Gasteiger partial charge in [-0.05, 0) is 113 Å². The van der Waals surface area contributed by atoms with Crippen LogP contribution in [0.2, 0.25) is 0 Å². The molecule has 0 aliphatic carbocycles. The Balaban J connectivity index is 0.000000218. The summed E-state index contributed by atoms with van der Waals surface area (Å²) < 4.78 is 15.8. The molecule has 91 heavy (non-hydrogen) atoms. The van der Waals surface area contributed by atoms with Gasteiger partial charge in [-0.15, -0.1) is 10.2 Å². The lowest BCUT2D eigenvalue weighted by atomic mass is 9.85. The van der Waals surface area contributed by atoms with Crippen LogP contribution in [-0.2, 0) is 52.6 Å². The number of amides is 11. The zero-order chi connectivity index (χ0) is 67.9. The van der Waals surface area contributed by atoms with Crippen LogP contribution in [0, 0.1) is 11.8 Å². The predicted octanol–water partition coefficient (Wildman–Crippen LogP) is -0.816. The molecule has 32 heteroatoms. The van der Waals surface area contributed by atoms with E-state index in [4.69, 9.17) is 19.6 Å². The number of aliphatic hydroxyl groups is 3. The summed E-state index contributed by atoms with van der Waals surface area (Å²) in [5.41, 5.74) is 0.862. The van der Waals surface area contributed by atoms with Crippen LogP contribution in [0.15, 0.2) is 29.3 Å². The lowest BCUT2D eigenvalue weighted by Gasteiger charge is -2.51. The number of ether oxygens (including phenoxy) is 2. The number of nitrogens with one attached hydrogen (secondary N) is 4. The number of carbonyl (C=O) groups is 11. The van der Waals surface area contributed by atoms with Gasteiger partial charge in [0, 0.05) is 37.9 Å². The molecule has 3 spiro atoms. The molecule has 32 nitrogen and oxygen atoms in total. The van der Waals surface area contributed by atoms with Gasteiger partial charge in [0.05, 0.1) is 57.6 Å². The molecule has 6 fully saturated rings. The van der Waals surface area contributed by atoms with Gasteiger partial charge in [-0.3, -0.25) is 48.1 Å². The van der Waals surface area contributed by atoms with Crippen LogP contribution in [0.25, 0.3) is 0 Å². The second-order valence-corrected chi connectivity index (χ2v) is 26.7. The van der Waals surface area contributed by atoms with Gasteiger partial charge in [0.2, 0.25) is 47.7 Å². The monoisotopic (exact) mass is 1280 g/mol. The number of aliphatic hydroxyl groups excluding tert-OH is 3. The Kier molecular flexibility index (Phi) is 22.9. The molecule has 0 saturated carbocycles. The van der Waals surface area contributed by atoms with E-state index >= 15 is 0 Å². The average molecular weight is 1280 g/mol. The molecule has 0 radical (unpaired) electrons. The molecule has 6 saturated heterocycles. The fourth-order valence-electron chi connectivity index (χ4n) is 12.0. The Morgan fingerprint density at radius 3 is 1.41 bits per heavy atom. The minimum atomic E-state index is -1.32. The molecule has 6 aliphatic rings. The zero-order valence-electron chi connectivity index (χ0n) is 54.2. The summed E-state index contributed by atoms with van der Waals surface area (Å²) in [5, 5.41) is 47.4. The van der Waals surface area contributed by atoms with Gasteiger partial charge >= 0.3 is 12.2 Å². The number of nitrogens with two attached hydrogens (primary N) is 1. The van der Waals surface area contributed by atoms with Gasteiger partial charge in [-0.25, -0.2) is 19.6 Å². The third kappa shape index (κ3) is 16.7. The van der Waals surface area contributed by atoms with Gasteiger partial charge in [0.25, 0.3) is 17.7 Å². The smallest absolute Gasteiger partial charge is 0.411 e. The second-order valence-electron chi connectivity index (χ2n) is 26.7. The maximum absolute atomic E-state index is 13.2. The van der Waals surface area contributed by atoms with Crippen molar-refractivity contribution in [1.82, 2.24) is 70.8 Å². The Morgan fingerprint density at radius 2 is 1.02 bits per heavy atom. The number of hydrogen-bond donors (Lipinski definition) is 8. The summed E-state index contributed by atoms with van der Waals surface area (Å²) in [6.45, 7) is 23.5. The summed E-state index contributed by atoms with van der Waals surface area (Å²) in [5.74, 6) is -3.24. The molecule has 11 amide bonds. The van der Waals surface area contributed by atoms with E-state index in [1.165, 1.54) is 64.1 Å². The summed E-state index contributed by atoms with van der Waals surface area (Å²) in [4.78, 5) is 155. The maximum atomic E-state index is 13.2. The number of nitrogens with zero attached hydrogens (tertiary/aromatic N) is 10. The molecule has 504 valence electrons. The first kappa shape index (κ1) is 71.9. The number of hydrogen-bond acceptors (Lipinski definition) is 21. The fourth-order valence-corrected chi connectivity index (χ4v) is 12.0. The molecule has 2 aromatic heterocycles. The van der Waals surface area contributed by atoms with Crippen molar-refractivity contribution in [1.29, 1.82) is 0 Å². The molecule has 10 atom stereocenters. The molecule has 2 aromatic rings. The third-order valence-electron chi connectivity index (χ3n) is 16.3. The topological polar surface area (TPSA) is 425 Å². The lowest BCUT2D eigenvalue weighted by molar-refractivity contribution is -0.170. The van der Waals surface area contributed by atoms with Crippen molar-refractivity contribution in [3.63, 3.8) is 0 Å². The number of primary amides is 1. The van der Waals surface area contributed by atoms with Crippen LogP contribution in [-0.4, -0.2) is 247 Å². The molecular weight excluding hydrogens is 1190 g/mol. The highest BCUT2D eigenvalue weighted by Crippen LogP contribution is 2.42. The van der Waals surface area contributed by atoms with Crippen molar-refractivity contribution in [2.45, 2.75) is 199 Å². The van der Waals surface area contributed by atoms with E-state index in [-0.39, 0.29) is 74.7 Å². The Morgan fingerprint density at radius 1 is 0.593 bits per heavy atom. The van der Waals surface area contributed by atoms with Crippen LogP contribution in [0.5, 0.6) is 0 Å². The normalized spacial score (nSPS) is 23.3.